The molecule has 6 heteroatoms. The van der Waals surface area contributed by atoms with Crippen LogP contribution in [0.3, 0.4) is 0 Å². The average Bonchev–Trinajstić information content (AvgIpc) is 2.41. The van der Waals surface area contributed by atoms with Gasteiger partial charge in [-0.1, -0.05) is 18.2 Å². The summed E-state index contributed by atoms with van der Waals surface area (Å²) >= 11 is 0. The summed E-state index contributed by atoms with van der Waals surface area (Å²) < 4.78 is 29.2. The summed E-state index contributed by atoms with van der Waals surface area (Å²) in [4.78, 5) is 13.0. The minimum absolute atomic E-state index is 0.153. The fourth-order valence-electron chi connectivity index (χ4n) is 2.49. The third-order valence-corrected chi connectivity index (χ3v) is 3.44. The van der Waals surface area contributed by atoms with Crippen molar-refractivity contribution in [1.29, 1.82) is 0 Å². The quantitative estimate of drug-likeness (QED) is 0.903. The van der Waals surface area contributed by atoms with E-state index in [9.17, 15) is 13.6 Å². The smallest absolute Gasteiger partial charge is 0.387 e. The molecular formula is C14H17F2NO3. The van der Waals surface area contributed by atoms with Crippen molar-refractivity contribution in [1.82, 2.24) is 4.90 Å². The van der Waals surface area contributed by atoms with E-state index >= 15 is 0 Å². The largest absolute Gasteiger partial charge is 0.481 e. The van der Waals surface area contributed by atoms with Gasteiger partial charge >= 0.3 is 12.6 Å². The van der Waals surface area contributed by atoms with Crippen LogP contribution >= 0.6 is 0 Å². The Morgan fingerprint density at radius 3 is 2.90 bits per heavy atom. The highest BCUT2D eigenvalue weighted by molar-refractivity contribution is 5.70. The van der Waals surface area contributed by atoms with Gasteiger partial charge in [0.05, 0.1) is 5.92 Å². The minimum Gasteiger partial charge on any atom is -0.481 e. The Labute approximate surface area is 116 Å². The lowest BCUT2D eigenvalue weighted by Crippen LogP contribution is -2.38. The molecule has 20 heavy (non-hydrogen) atoms. The number of likely N-dealkylation sites (tertiary alicyclic amines) is 1. The van der Waals surface area contributed by atoms with E-state index in [1.165, 1.54) is 6.07 Å². The van der Waals surface area contributed by atoms with Crippen molar-refractivity contribution < 1.29 is 23.4 Å². The van der Waals surface area contributed by atoms with Crippen LogP contribution < -0.4 is 4.74 Å². The zero-order valence-corrected chi connectivity index (χ0v) is 11.0. The molecule has 1 heterocycles. The summed E-state index contributed by atoms with van der Waals surface area (Å²) in [5.74, 6) is -1.03. The highest BCUT2D eigenvalue weighted by Crippen LogP contribution is 2.24. The molecule has 0 aliphatic carbocycles. The first-order chi connectivity index (χ1) is 9.56. The SMILES string of the molecule is O=C(O)C1CCCN(Cc2ccccc2OC(F)F)C1. The highest BCUT2D eigenvalue weighted by atomic mass is 19.3. The van der Waals surface area contributed by atoms with Crippen molar-refractivity contribution in [3.63, 3.8) is 0 Å². The molecule has 0 spiro atoms. The van der Waals surface area contributed by atoms with Crippen molar-refractivity contribution in [3.05, 3.63) is 29.8 Å². The van der Waals surface area contributed by atoms with Gasteiger partial charge in [0.1, 0.15) is 5.75 Å². The topological polar surface area (TPSA) is 49.8 Å². The second kappa shape index (κ2) is 6.65. The first-order valence-electron chi connectivity index (χ1n) is 6.54. The summed E-state index contributed by atoms with van der Waals surface area (Å²) in [6, 6.07) is 6.62. The van der Waals surface area contributed by atoms with Gasteiger partial charge in [-0.05, 0) is 25.5 Å². The fraction of sp³-hybridized carbons (Fsp3) is 0.500. The summed E-state index contributed by atoms with van der Waals surface area (Å²) in [5.41, 5.74) is 0.652. The van der Waals surface area contributed by atoms with E-state index in [0.29, 0.717) is 25.1 Å². The molecule has 0 bridgehead atoms. The maximum Gasteiger partial charge on any atom is 0.387 e. The molecule has 1 saturated heterocycles. The molecule has 1 N–H and O–H groups in total. The lowest BCUT2D eigenvalue weighted by atomic mass is 9.98. The number of aliphatic carboxylic acids is 1. The van der Waals surface area contributed by atoms with Crippen LogP contribution in [-0.2, 0) is 11.3 Å². The molecule has 1 atom stereocenters. The second-order valence-electron chi connectivity index (χ2n) is 4.90. The van der Waals surface area contributed by atoms with E-state index < -0.39 is 12.6 Å². The molecule has 1 aliphatic rings. The number of ether oxygens (including phenoxy) is 1. The Morgan fingerprint density at radius 1 is 1.45 bits per heavy atom. The number of para-hydroxylation sites is 1. The average molecular weight is 285 g/mol. The van der Waals surface area contributed by atoms with E-state index in [4.69, 9.17) is 5.11 Å². The molecular weight excluding hydrogens is 268 g/mol. The van der Waals surface area contributed by atoms with Gasteiger partial charge in [-0.3, -0.25) is 9.69 Å². The Kier molecular flexibility index (Phi) is 4.89. The number of halogens is 2. The van der Waals surface area contributed by atoms with E-state index in [2.05, 4.69) is 4.74 Å². The summed E-state index contributed by atoms with van der Waals surface area (Å²) in [6.45, 7) is -1.22. The predicted molar refractivity (Wildman–Crippen MR) is 68.7 cm³/mol. The Balaban J connectivity index is 2.04. The number of hydrogen-bond acceptors (Lipinski definition) is 3. The second-order valence-corrected chi connectivity index (χ2v) is 4.90. The van der Waals surface area contributed by atoms with Crippen LogP contribution in [0, 0.1) is 5.92 Å². The third-order valence-electron chi connectivity index (χ3n) is 3.44. The molecule has 0 amide bonds. The van der Waals surface area contributed by atoms with Crippen LogP contribution in [0.25, 0.3) is 0 Å². The maximum absolute atomic E-state index is 12.3. The number of carbonyl (C=O) groups is 1. The molecule has 1 aromatic rings. The van der Waals surface area contributed by atoms with E-state index in [1.54, 1.807) is 18.2 Å². The van der Waals surface area contributed by atoms with Crippen molar-refractivity contribution in [3.8, 4) is 5.75 Å². The van der Waals surface area contributed by atoms with Crippen LogP contribution in [0.15, 0.2) is 24.3 Å². The third kappa shape index (κ3) is 3.90. The van der Waals surface area contributed by atoms with Gasteiger partial charge in [-0.2, -0.15) is 8.78 Å². The number of benzene rings is 1. The summed E-state index contributed by atoms with van der Waals surface area (Å²) in [7, 11) is 0. The zero-order chi connectivity index (χ0) is 14.5. The zero-order valence-electron chi connectivity index (χ0n) is 11.0. The van der Waals surface area contributed by atoms with Gasteiger partial charge in [0, 0.05) is 18.7 Å². The van der Waals surface area contributed by atoms with Crippen LogP contribution in [-0.4, -0.2) is 35.7 Å². The van der Waals surface area contributed by atoms with Gasteiger partial charge in [0.15, 0.2) is 0 Å². The van der Waals surface area contributed by atoms with Gasteiger partial charge in [0.2, 0.25) is 0 Å². The van der Waals surface area contributed by atoms with E-state index in [0.717, 1.165) is 13.0 Å². The molecule has 1 fully saturated rings. The molecule has 1 unspecified atom stereocenters. The number of carboxylic acid groups (broad SMARTS) is 1. The van der Waals surface area contributed by atoms with Crippen molar-refractivity contribution >= 4 is 5.97 Å². The highest BCUT2D eigenvalue weighted by Gasteiger charge is 2.25. The molecule has 1 aliphatic heterocycles. The number of rotatable bonds is 5. The molecule has 1 aromatic carbocycles. The lowest BCUT2D eigenvalue weighted by molar-refractivity contribution is -0.143. The molecule has 4 nitrogen and oxygen atoms in total. The van der Waals surface area contributed by atoms with Gasteiger partial charge in [-0.15, -0.1) is 0 Å². The number of nitrogens with zero attached hydrogens (tertiary/aromatic N) is 1. The molecule has 0 radical (unpaired) electrons. The minimum atomic E-state index is -2.86. The van der Waals surface area contributed by atoms with Gasteiger partial charge < -0.3 is 9.84 Å². The number of piperidine rings is 1. The molecule has 0 aromatic heterocycles. The van der Waals surface area contributed by atoms with Crippen LogP contribution in [0.5, 0.6) is 5.75 Å². The fourth-order valence-corrected chi connectivity index (χ4v) is 2.49. The van der Waals surface area contributed by atoms with Crippen molar-refractivity contribution in [2.45, 2.75) is 26.0 Å². The normalized spacial score (nSPS) is 20.1. The van der Waals surface area contributed by atoms with Crippen LogP contribution in [0.4, 0.5) is 8.78 Å². The summed E-state index contributed by atoms with van der Waals surface area (Å²) in [5, 5.41) is 9.05. The lowest BCUT2D eigenvalue weighted by Gasteiger charge is -2.31. The molecule has 110 valence electrons. The predicted octanol–water partition coefficient (Wildman–Crippen LogP) is 2.58. The number of carboxylic acids is 1. The van der Waals surface area contributed by atoms with Gasteiger partial charge in [-0.25, -0.2) is 0 Å². The first kappa shape index (κ1) is 14.7. The van der Waals surface area contributed by atoms with Gasteiger partial charge in [0.25, 0.3) is 0 Å². The maximum atomic E-state index is 12.3. The van der Waals surface area contributed by atoms with E-state index in [1.807, 2.05) is 4.90 Å². The number of hydrogen-bond donors (Lipinski definition) is 1. The first-order valence-corrected chi connectivity index (χ1v) is 6.54. The van der Waals surface area contributed by atoms with Crippen molar-refractivity contribution in [2.75, 3.05) is 13.1 Å². The Bertz CT molecular complexity index is 467. The van der Waals surface area contributed by atoms with Crippen LogP contribution in [0.2, 0.25) is 0 Å². The molecule has 0 saturated carbocycles. The van der Waals surface area contributed by atoms with Crippen LogP contribution in [0.1, 0.15) is 18.4 Å². The monoisotopic (exact) mass is 285 g/mol. The van der Waals surface area contributed by atoms with E-state index in [-0.39, 0.29) is 11.7 Å². The Hall–Kier alpha value is -1.69. The summed E-state index contributed by atoms with van der Waals surface area (Å²) in [6.07, 6.45) is 1.47. The standard InChI is InChI=1S/C14H17F2NO3/c15-14(16)20-12-6-2-1-4-10(12)8-17-7-3-5-11(9-17)13(18)19/h1-2,4,6,11,14H,3,5,7-9H2,(H,18,19). The number of alkyl halides is 2. The van der Waals surface area contributed by atoms with Crippen molar-refractivity contribution in [2.24, 2.45) is 5.92 Å². The molecule has 2 rings (SSSR count). The Morgan fingerprint density at radius 2 is 2.20 bits per heavy atom.